The minimum atomic E-state index is -0.307. The number of nitrogens with zero attached hydrogens (tertiary/aromatic N) is 1. The summed E-state index contributed by atoms with van der Waals surface area (Å²) >= 11 is 3.44. The summed E-state index contributed by atoms with van der Waals surface area (Å²) in [5.41, 5.74) is 0.774. The number of fused-ring (bicyclic) bond motifs is 4. The van der Waals surface area contributed by atoms with Crippen LogP contribution in [0.15, 0.2) is 28.7 Å². The van der Waals surface area contributed by atoms with Crippen molar-refractivity contribution in [2.24, 2.45) is 11.8 Å². The van der Waals surface area contributed by atoms with Crippen LogP contribution in [0.3, 0.4) is 0 Å². The second-order valence-electron chi connectivity index (χ2n) is 8.48. The molecule has 0 radical (unpaired) electrons. The molecule has 1 aliphatic carbocycles. The lowest BCUT2D eigenvalue weighted by molar-refractivity contribution is -0.0177. The normalized spacial score (nSPS) is 32.7. The Morgan fingerprint density at radius 2 is 2.22 bits per heavy atom. The second kappa shape index (κ2) is 8.52. The Morgan fingerprint density at radius 1 is 1.33 bits per heavy atom. The smallest absolute Gasteiger partial charge is 0.411 e. The van der Waals surface area contributed by atoms with Gasteiger partial charge in [0.05, 0.1) is 0 Å². The lowest BCUT2D eigenvalue weighted by atomic mass is 9.79. The number of carbonyl (C=O) groups excluding carboxylic acids is 1. The molecule has 5 heteroatoms. The van der Waals surface area contributed by atoms with Crippen molar-refractivity contribution in [3.8, 4) is 0 Å². The molecule has 0 spiro atoms. The quantitative estimate of drug-likeness (QED) is 0.634. The van der Waals surface area contributed by atoms with E-state index in [-0.39, 0.29) is 12.2 Å². The Labute approximate surface area is 171 Å². The molecule has 1 amide bonds. The highest BCUT2D eigenvalue weighted by Gasteiger charge is 2.52. The average molecular weight is 435 g/mol. The van der Waals surface area contributed by atoms with Crippen molar-refractivity contribution in [3.63, 3.8) is 0 Å². The number of carbonyl (C=O) groups is 1. The predicted octanol–water partition coefficient (Wildman–Crippen LogP) is 5.82. The molecule has 2 aliphatic heterocycles. The minimum absolute atomic E-state index is 0.0689. The third kappa shape index (κ3) is 4.19. The van der Waals surface area contributed by atoms with E-state index < -0.39 is 0 Å². The highest BCUT2D eigenvalue weighted by molar-refractivity contribution is 9.10. The van der Waals surface area contributed by atoms with Gasteiger partial charge in [-0.05, 0) is 62.8 Å². The molecular formula is C22H31BrN2O2. The van der Waals surface area contributed by atoms with Crippen molar-refractivity contribution in [1.82, 2.24) is 4.90 Å². The van der Waals surface area contributed by atoms with E-state index in [0.717, 1.165) is 16.6 Å². The Balaban J connectivity index is 1.43. The first-order chi connectivity index (χ1) is 13.2. The highest BCUT2D eigenvalue weighted by Crippen LogP contribution is 2.49. The zero-order valence-electron chi connectivity index (χ0n) is 16.2. The van der Waals surface area contributed by atoms with Gasteiger partial charge in [-0.15, -0.1) is 0 Å². The van der Waals surface area contributed by atoms with E-state index in [1.165, 1.54) is 51.5 Å². The molecule has 4 rings (SSSR count). The van der Waals surface area contributed by atoms with Crippen LogP contribution in [0.4, 0.5) is 10.5 Å². The molecule has 0 aromatic heterocycles. The third-order valence-corrected chi connectivity index (χ3v) is 7.32. The molecule has 1 saturated carbocycles. The zero-order chi connectivity index (χ0) is 18.8. The fourth-order valence-electron chi connectivity index (χ4n) is 5.71. The number of hydrogen-bond acceptors (Lipinski definition) is 3. The number of rotatable bonds is 5. The maximum atomic E-state index is 12.5. The molecule has 1 aromatic rings. The molecule has 2 saturated heterocycles. The molecule has 1 N–H and O–H groups in total. The fourth-order valence-corrected chi connectivity index (χ4v) is 6.11. The maximum Gasteiger partial charge on any atom is 0.411 e. The third-order valence-electron chi connectivity index (χ3n) is 6.83. The van der Waals surface area contributed by atoms with Gasteiger partial charge in [0.2, 0.25) is 0 Å². The number of unbranched alkanes of at least 4 members (excludes halogenated alkanes) is 1. The van der Waals surface area contributed by atoms with E-state index in [1.807, 2.05) is 24.3 Å². The SMILES string of the molecule is CCCC[C@H]1C2CC(OC(=O)Nc3cccc(Br)c3)C(C2)[C@H]2CCCCN21. The summed E-state index contributed by atoms with van der Waals surface area (Å²) in [6.07, 6.45) is 9.84. The van der Waals surface area contributed by atoms with Gasteiger partial charge in [0, 0.05) is 28.2 Å². The predicted molar refractivity (Wildman–Crippen MR) is 112 cm³/mol. The van der Waals surface area contributed by atoms with Gasteiger partial charge in [0.1, 0.15) is 6.10 Å². The largest absolute Gasteiger partial charge is 0.446 e. The Hall–Kier alpha value is -1.07. The van der Waals surface area contributed by atoms with Crippen LogP contribution in [-0.2, 0) is 4.74 Å². The van der Waals surface area contributed by atoms with E-state index in [0.29, 0.717) is 23.9 Å². The zero-order valence-corrected chi connectivity index (χ0v) is 17.8. The van der Waals surface area contributed by atoms with Crippen LogP contribution < -0.4 is 5.32 Å². The average Bonchev–Trinajstić information content (AvgIpc) is 3.01. The lowest BCUT2D eigenvalue weighted by Gasteiger charge is -2.49. The molecule has 1 aromatic carbocycles. The summed E-state index contributed by atoms with van der Waals surface area (Å²) in [6, 6.07) is 8.97. The van der Waals surface area contributed by atoms with Crippen molar-refractivity contribution in [2.75, 3.05) is 11.9 Å². The summed E-state index contributed by atoms with van der Waals surface area (Å²) in [6.45, 7) is 3.52. The van der Waals surface area contributed by atoms with Gasteiger partial charge in [-0.3, -0.25) is 10.2 Å². The van der Waals surface area contributed by atoms with E-state index >= 15 is 0 Å². The fraction of sp³-hybridized carbons (Fsp3) is 0.682. The van der Waals surface area contributed by atoms with Gasteiger partial charge in [0.15, 0.2) is 0 Å². The molecule has 2 bridgehead atoms. The van der Waals surface area contributed by atoms with E-state index in [4.69, 9.17) is 4.74 Å². The molecule has 5 atom stereocenters. The van der Waals surface area contributed by atoms with Gasteiger partial charge in [-0.2, -0.15) is 0 Å². The number of nitrogens with one attached hydrogen (secondary N) is 1. The molecule has 3 fully saturated rings. The van der Waals surface area contributed by atoms with E-state index in [1.54, 1.807) is 0 Å². The van der Waals surface area contributed by atoms with Gasteiger partial charge in [0.25, 0.3) is 0 Å². The van der Waals surface area contributed by atoms with Crippen LogP contribution in [-0.4, -0.2) is 35.7 Å². The number of ether oxygens (including phenoxy) is 1. The van der Waals surface area contributed by atoms with Gasteiger partial charge < -0.3 is 4.74 Å². The summed E-state index contributed by atoms with van der Waals surface area (Å²) in [5.74, 6) is 1.21. The summed E-state index contributed by atoms with van der Waals surface area (Å²) < 4.78 is 6.93. The molecule has 2 heterocycles. The Kier molecular flexibility index (Phi) is 6.08. The van der Waals surface area contributed by atoms with Crippen LogP contribution in [0.5, 0.6) is 0 Å². The number of anilines is 1. The van der Waals surface area contributed by atoms with Crippen LogP contribution in [0, 0.1) is 11.8 Å². The topological polar surface area (TPSA) is 41.6 Å². The van der Waals surface area contributed by atoms with Gasteiger partial charge in [-0.25, -0.2) is 4.79 Å². The Bertz CT molecular complexity index is 667. The number of amides is 1. The van der Waals surface area contributed by atoms with Crippen molar-refractivity contribution in [2.45, 2.75) is 76.5 Å². The van der Waals surface area contributed by atoms with Gasteiger partial charge in [-0.1, -0.05) is 48.2 Å². The molecule has 27 heavy (non-hydrogen) atoms. The first-order valence-corrected chi connectivity index (χ1v) is 11.4. The number of piperidine rings is 2. The van der Waals surface area contributed by atoms with E-state index in [2.05, 4.69) is 33.1 Å². The van der Waals surface area contributed by atoms with Crippen molar-refractivity contribution in [3.05, 3.63) is 28.7 Å². The van der Waals surface area contributed by atoms with Crippen LogP contribution in [0.25, 0.3) is 0 Å². The van der Waals surface area contributed by atoms with Crippen molar-refractivity contribution < 1.29 is 9.53 Å². The first-order valence-electron chi connectivity index (χ1n) is 10.6. The monoisotopic (exact) mass is 434 g/mol. The molecule has 148 valence electrons. The van der Waals surface area contributed by atoms with Gasteiger partial charge >= 0.3 is 6.09 Å². The second-order valence-corrected chi connectivity index (χ2v) is 9.40. The minimum Gasteiger partial charge on any atom is -0.446 e. The first kappa shape index (κ1) is 19.3. The van der Waals surface area contributed by atoms with Crippen molar-refractivity contribution in [1.29, 1.82) is 0 Å². The highest BCUT2D eigenvalue weighted by atomic mass is 79.9. The molecule has 3 aliphatic rings. The lowest BCUT2D eigenvalue weighted by Crippen LogP contribution is -2.55. The number of halogens is 1. The standard InChI is InChI=1S/C22H31BrN2O2/c1-2-3-9-19-15-12-18(20-10-4-5-11-25(19)20)21(13-15)27-22(26)24-17-8-6-7-16(23)14-17/h6-8,14-15,18-21H,2-5,9-13H2,1H3,(H,24,26)/t15?,18?,19-,20+,21?/m0/s1. The summed E-state index contributed by atoms with van der Waals surface area (Å²) in [7, 11) is 0. The molecular weight excluding hydrogens is 404 g/mol. The molecule has 4 nitrogen and oxygen atoms in total. The van der Waals surface area contributed by atoms with E-state index in [9.17, 15) is 4.79 Å². The summed E-state index contributed by atoms with van der Waals surface area (Å²) in [5, 5.41) is 2.90. The number of hydrogen-bond donors (Lipinski definition) is 1. The van der Waals surface area contributed by atoms with Crippen LogP contribution in [0.2, 0.25) is 0 Å². The van der Waals surface area contributed by atoms with Crippen LogP contribution in [0.1, 0.15) is 58.3 Å². The Morgan fingerprint density at radius 3 is 3.04 bits per heavy atom. The van der Waals surface area contributed by atoms with Crippen molar-refractivity contribution >= 4 is 27.7 Å². The maximum absolute atomic E-state index is 12.5. The number of benzene rings is 1. The molecule has 3 unspecified atom stereocenters. The van der Waals surface area contributed by atoms with Crippen LogP contribution >= 0.6 is 15.9 Å². The summed E-state index contributed by atoms with van der Waals surface area (Å²) in [4.78, 5) is 15.3.